The highest BCUT2D eigenvalue weighted by Gasteiger charge is 2.29. The number of hydrogen-bond acceptors (Lipinski definition) is 5. The smallest absolute Gasteiger partial charge is 0.410 e. The van der Waals surface area contributed by atoms with E-state index >= 15 is 0 Å². The van der Waals surface area contributed by atoms with Gasteiger partial charge in [0.15, 0.2) is 0 Å². The van der Waals surface area contributed by atoms with Crippen molar-refractivity contribution >= 4 is 17.9 Å². The van der Waals surface area contributed by atoms with Crippen molar-refractivity contribution in [3.63, 3.8) is 0 Å². The molecule has 1 aliphatic heterocycles. The second-order valence-corrected chi connectivity index (χ2v) is 8.08. The highest BCUT2D eigenvalue weighted by atomic mass is 16.6. The number of rotatable bonds is 6. The van der Waals surface area contributed by atoms with Gasteiger partial charge in [0.05, 0.1) is 13.7 Å². The largest absolute Gasteiger partial charge is 0.497 e. The number of benzene rings is 1. The first-order chi connectivity index (χ1) is 13.7. The molecule has 0 radical (unpaired) electrons. The van der Waals surface area contributed by atoms with Crippen molar-refractivity contribution in [3.05, 3.63) is 29.8 Å². The van der Waals surface area contributed by atoms with E-state index in [0.29, 0.717) is 32.5 Å². The molecule has 1 fully saturated rings. The summed E-state index contributed by atoms with van der Waals surface area (Å²) in [5, 5.41) is 5.46. The van der Waals surface area contributed by atoms with Gasteiger partial charge in [0, 0.05) is 25.6 Å². The second kappa shape index (κ2) is 10.1. The molecule has 1 aliphatic rings. The molecule has 0 spiro atoms. The van der Waals surface area contributed by atoms with Gasteiger partial charge >= 0.3 is 6.09 Å². The van der Waals surface area contributed by atoms with Gasteiger partial charge in [-0.2, -0.15) is 0 Å². The molecule has 160 valence electrons. The highest BCUT2D eigenvalue weighted by Crippen LogP contribution is 2.19. The Balaban J connectivity index is 1.67. The molecule has 0 atom stereocenters. The second-order valence-electron chi connectivity index (χ2n) is 8.08. The monoisotopic (exact) mass is 405 g/mol. The van der Waals surface area contributed by atoms with E-state index in [0.717, 1.165) is 11.3 Å². The standard InChI is InChI=1S/C21H31N3O5/c1-21(2,3)29-20(27)24-11-9-16(10-12-24)19(26)23-14-18(25)22-13-15-5-7-17(28-4)8-6-15/h5-8,16H,9-14H2,1-4H3,(H,22,25)(H,23,26). The summed E-state index contributed by atoms with van der Waals surface area (Å²) in [6.45, 7) is 6.72. The van der Waals surface area contributed by atoms with Crippen LogP contribution < -0.4 is 15.4 Å². The molecule has 1 aromatic rings. The number of likely N-dealkylation sites (tertiary alicyclic amines) is 1. The normalized spacial score (nSPS) is 14.8. The van der Waals surface area contributed by atoms with Crippen LogP contribution in [0.1, 0.15) is 39.2 Å². The summed E-state index contributed by atoms with van der Waals surface area (Å²) in [6.07, 6.45) is 0.756. The molecule has 0 bridgehead atoms. The molecule has 29 heavy (non-hydrogen) atoms. The number of carbonyl (C=O) groups excluding carboxylic acids is 3. The fraction of sp³-hybridized carbons (Fsp3) is 0.571. The van der Waals surface area contributed by atoms with Crippen molar-refractivity contribution in [3.8, 4) is 5.75 Å². The van der Waals surface area contributed by atoms with Crippen molar-refractivity contribution in [1.29, 1.82) is 0 Å². The van der Waals surface area contributed by atoms with Gasteiger partial charge in [-0.05, 0) is 51.3 Å². The number of piperidine rings is 1. The summed E-state index contributed by atoms with van der Waals surface area (Å²) in [7, 11) is 1.60. The van der Waals surface area contributed by atoms with E-state index in [1.54, 1.807) is 12.0 Å². The molecule has 0 unspecified atom stereocenters. The summed E-state index contributed by atoms with van der Waals surface area (Å²) >= 11 is 0. The van der Waals surface area contributed by atoms with Crippen molar-refractivity contribution in [2.45, 2.75) is 45.8 Å². The number of carbonyl (C=O) groups is 3. The zero-order valence-electron chi connectivity index (χ0n) is 17.6. The van der Waals surface area contributed by atoms with Crippen LogP contribution in [0.25, 0.3) is 0 Å². The highest BCUT2D eigenvalue weighted by molar-refractivity contribution is 5.86. The summed E-state index contributed by atoms with van der Waals surface area (Å²) in [6, 6.07) is 7.39. The van der Waals surface area contributed by atoms with Crippen molar-refractivity contribution in [2.24, 2.45) is 5.92 Å². The first-order valence-electron chi connectivity index (χ1n) is 9.83. The SMILES string of the molecule is COc1ccc(CNC(=O)CNC(=O)C2CCN(C(=O)OC(C)(C)C)CC2)cc1. The van der Waals surface area contributed by atoms with Crippen molar-refractivity contribution in [2.75, 3.05) is 26.7 Å². The Labute approximate surface area is 171 Å². The Morgan fingerprint density at radius 1 is 1.07 bits per heavy atom. The van der Waals surface area contributed by atoms with E-state index in [-0.39, 0.29) is 30.4 Å². The van der Waals surface area contributed by atoms with Crippen LogP contribution in [-0.4, -0.2) is 55.2 Å². The number of nitrogens with zero attached hydrogens (tertiary/aromatic N) is 1. The maximum absolute atomic E-state index is 12.3. The lowest BCUT2D eigenvalue weighted by molar-refractivity contribution is -0.129. The number of nitrogens with one attached hydrogen (secondary N) is 2. The molecule has 0 saturated carbocycles. The third-order valence-corrected chi connectivity index (χ3v) is 4.59. The third-order valence-electron chi connectivity index (χ3n) is 4.59. The summed E-state index contributed by atoms with van der Waals surface area (Å²) in [4.78, 5) is 38.0. The average molecular weight is 405 g/mol. The maximum atomic E-state index is 12.3. The minimum absolute atomic E-state index is 0.0682. The average Bonchev–Trinajstić information content (AvgIpc) is 2.69. The van der Waals surface area contributed by atoms with Gasteiger partial charge in [-0.3, -0.25) is 9.59 Å². The van der Waals surface area contributed by atoms with Crippen molar-refractivity contribution in [1.82, 2.24) is 15.5 Å². The van der Waals surface area contributed by atoms with Crippen LogP contribution in [0.5, 0.6) is 5.75 Å². The predicted molar refractivity (Wildman–Crippen MR) is 108 cm³/mol. The molecule has 3 amide bonds. The van der Waals surface area contributed by atoms with E-state index in [1.165, 1.54) is 0 Å². The van der Waals surface area contributed by atoms with E-state index in [9.17, 15) is 14.4 Å². The summed E-state index contributed by atoms with van der Waals surface area (Å²) in [5.74, 6) is 0.141. The predicted octanol–water partition coefficient (Wildman–Crippen LogP) is 2.07. The number of hydrogen-bond donors (Lipinski definition) is 2. The zero-order chi connectivity index (χ0) is 21.4. The van der Waals surface area contributed by atoms with Crippen LogP contribution in [0.4, 0.5) is 4.79 Å². The van der Waals surface area contributed by atoms with Crippen LogP contribution in [0, 0.1) is 5.92 Å². The van der Waals surface area contributed by atoms with E-state index in [2.05, 4.69) is 10.6 Å². The van der Waals surface area contributed by atoms with Crippen LogP contribution >= 0.6 is 0 Å². The van der Waals surface area contributed by atoms with Gasteiger partial charge in [0.2, 0.25) is 11.8 Å². The quantitative estimate of drug-likeness (QED) is 0.755. The molecular formula is C21H31N3O5. The van der Waals surface area contributed by atoms with Gasteiger partial charge in [0.1, 0.15) is 11.4 Å². The maximum Gasteiger partial charge on any atom is 0.410 e. The molecule has 2 N–H and O–H groups in total. The summed E-state index contributed by atoms with van der Waals surface area (Å²) < 4.78 is 10.4. The first kappa shape index (κ1) is 22.5. The molecule has 1 heterocycles. The lowest BCUT2D eigenvalue weighted by Gasteiger charge is -2.32. The molecule has 1 saturated heterocycles. The number of methoxy groups -OCH3 is 1. The lowest BCUT2D eigenvalue weighted by Crippen LogP contribution is -2.46. The van der Waals surface area contributed by atoms with Gasteiger partial charge < -0.3 is 25.0 Å². The Kier molecular flexibility index (Phi) is 7.87. The van der Waals surface area contributed by atoms with E-state index < -0.39 is 5.60 Å². The fourth-order valence-electron chi connectivity index (χ4n) is 2.97. The molecular weight excluding hydrogens is 374 g/mol. The first-order valence-corrected chi connectivity index (χ1v) is 9.83. The van der Waals surface area contributed by atoms with Gasteiger partial charge in [0.25, 0.3) is 0 Å². The van der Waals surface area contributed by atoms with Crippen LogP contribution in [0.3, 0.4) is 0 Å². The Bertz CT molecular complexity index is 704. The minimum atomic E-state index is -0.537. The fourth-order valence-corrected chi connectivity index (χ4v) is 2.97. The Morgan fingerprint density at radius 2 is 1.69 bits per heavy atom. The van der Waals surface area contributed by atoms with E-state index in [1.807, 2.05) is 45.0 Å². The molecule has 2 rings (SSSR count). The minimum Gasteiger partial charge on any atom is -0.497 e. The van der Waals surface area contributed by atoms with Gasteiger partial charge in [-0.1, -0.05) is 12.1 Å². The number of amides is 3. The lowest BCUT2D eigenvalue weighted by atomic mass is 9.96. The van der Waals surface area contributed by atoms with Gasteiger partial charge in [-0.25, -0.2) is 4.79 Å². The van der Waals surface area contributed by atoms with E-state index in [4.69, 9.17) is 9.47 Å². The molecule has 1 aromatic carbocycles. The topological polar surface area (TPSA) is 97.0 Å². The summed E-state index contributed by atoms with van der Waals surface area (Å²) in [5.41, 5.74) is 0.407. The van der Waals surface area contributed by atoms with Crippen LogP contribution in [0.15, 0.2) is 24.3 Å². The van der Waals surface area contributed by atoms with Crippen molar-refractivity contribution < 1.29 is 23.9 Å². The molecule has 0 aliphatic carbocycles. The van der Waals surface area contributed by atoms with Crippen LogP contribution in [0.2, 0.25) is 0 Å². The number of ether oxygens (including phenoxy) is 2. The zero-order valence-corrected chi connectivity index (χ0v) is 17.6. The Morgan fingerprint density at radius 3 is 2.24 bits per heavy atom. The molecule has 8 heteroatoms. The van der Waals surface area contributed by atoms with Gasteiger partial charge in [-0.15, -0.1) is 0 Å². The molecule has 8 nitrogen and oxygen atoms in total. The molecule has 0 aromatic heterocycles. The van der Waals surface area contributed by atoms with Crippen LogP contribution in [-0.2, 0) is 20.9 Å². The third kappa shape index (κ3) is 7.63. The Hall–Kier alpha value is -2.77.